The van der Waals surface area contributed by atoms with E-state index in [1.807, 2.05) is 6.92 Å². The molecule has 140 valence electrons. The number of unbranched alkanes of at least 4 members (excludes halogenated alkanes) is 1. The highest BCUT2D eigenvalue weighted by atomic mass is 35.7. The number of imide groups is 1. The number of carbonyl (C=O) groups is 2. The van der Waals surface area contributed by atoms with Gasteiger partial charge in [0.15, 0.2) is 0 Å². The summed E-state index contributed by atoms with van der Waals surface area (Å²) >= 11 is 0. The van der Waals surface area contributed by atoms with Crippen LogP contribution in [0.3, 0.4) is 0 Å². The molecule has 0 N–H and O–H groups in total. The summed E-state index contributed by atoms with van der Waals surface area (Å²) in [7, 11) is 1.25. The summed E-state index contributed by atoms with van der Waals surface area (Å²) in [5.41, 5.74) is -0.849. The van der Waals surface area contributed by atoms with Gasteiger partial charge in [-0.05, 0) is 39.3 Å². The molecule has 0 radical (unpaired) electrons. The highest BCUT2D eigenvalue weighted by Gasteiger charge is 2.31. The van der Waals surface area contributed by atoms with Gasteiger partial charge < -0.3 is 9.47 Å². The van der Waals surface area contributed by atoms with Gasteiger partial charge in [-0.15, -0.1) is 0 Å². The lowest BCUT2D eigenvalue weighted by molar-refractivity contribution is 0.0566. The second-order valence-electron chi connectivity index (χ2n) is 6.07. The number of aromatic nitrogens is 1. The predicted octanol–water partition coefficient (Wildman–Crippen LogP) is 3.69. The molecule has 1 heterocycles. The van der Waals surface area contributed by atoms with Crippen molar-refractivity contribution in [2.24, 2.45) is 0 Å². The van der Waals surface area contributed by atoms with E-state index in [4.69, 9.17) is 20.2 Å². The molecule has 0 fully saturated rings. The summed E-state index contributed by atoms with van der Waals surface area (Å²) in [6.07, 6.45) is 0.430. The topological polar surface area (TPSA) is 103 Å². The van der Waals surface area contributed by atoms with Gasteiger partial charge in [-0.2, -0.15) is 4.90 Å². The van der Waals surface area contributed by atoms with Crippen molar-refractivity contribution < 1.29 is 27.5 Å². The van der Waals surface area contributed by atoms with Crippen LogP contribution in [0.1, 0.15) is 40.5 Å². The molecule has 0 bridgehead atoms. The number of halogens is 1. The summed E-state index contributed by atoms with van der Waals surface area (Å²) in [5.74, 6) is -0.139. The van der Waals surface area contributed by atoms with E-state index in [2.05, 4.69) is 4.98 Å². The Bertz CT molecular complexity index is 713. The molecule has 0 spiro atoms. The third kappa shape index (κ3) is 6.87. The highest BCUT2D eigenvalue weighted by Crippen LogP contribution is 2.20. The van der Waals surface area contributed by atoms with E-state index in [-0.39, 0.29) is 17.3 Å². The zero-order valence-electron chi connectivity index (χ0n) is 14.5. The Balaban J connectivity index is 3.12. The second-order valence-corrected chi connectivity index (χ2v) is 8.64. The van der Waals surface area contributed by atoms with Gasteiger partial charge in [0.05, 0.1) is 6.61 Å². The summed E-state index contributed by atoms with van der Waals surface area (Å²) < 4.78 is 32.8. The molecule has 25 heavy (non-hydrogen) atoms. The van der Waals surface area contributed by atoms with Crippen LogP contribution in [0.5, 0.6) is 0 Å². The first-order chi connectivity index (χ1) is 11.5. The van der Waals surface area contributed by atoms with Gasteiger partial charge in [0.25, 0.3) is 9.05 Å². The van der Waals surface area contributed by atoms with Crippen molar-refractivity contribution in [1.29, 1.82) is 0 Å². The Morgan fingerprint density at radius 1 is 1.24 bits per heavy atom. The largest absolute Gasteiger partial charge is 0.449 e. The van der Waals surface area contributed by atoms with Crippen LogP contribution < -0.4 is 4.90 Å². The molecule has 0 atom stereocenters. The second kappa shape index (κ2) is 8.48. The van der Waals surface area contributed by atoms with E-state index in [0.29, 0.717) is 11.3 Å². The van der Waals surface area contributed by atoms with Gasteiger partial charge in [0, 0.05) is 16.9 Å². The third-order valence-corrected chi connectivity index (χ3v) is 4.05. The van der Waals surface area contributed by atoms with E-state index in [1.165, 1.54) is 6.07 Å². The molecule has 0 saturated heterocycles. The molecule has 10 heteroatoms. The van der Waals surface area contributed by atoms with Crippen molar-refractivity contribution in [2.45, 2.75) is 51.0 Å². The fraction of sp³-hybridized carbons (Fsp3) is 0.533. The highest BCUT2D eigenvalue weighted by molar-refractivity contribution is 8.13. The Morgan fingerprint density at radius 2 is 1.88 bits per heavy atom. The Labute approximate surface area is 151 Å². The minimum atomic E-state index is -3.97. The SMILES string of the molecule is CCCCOC(=O)N(C(=O)OC(C)(C)C)c1ccc(S(=O)(=O)Cl)cn1. The molecule has 0 saturated carbocycles. The van der Waals surface area contributed by atoms with E-state index in [9.17, 15) is 18.0 Å². The van der Waals surface area contributed by atoms with Crippen molar-refractivity contribution in [2.75, 3.05) is 11.5 Å². The average Bonchev–Trinajstić information content (AvgIpc) is 2.45. The Kier molecular flexibility index (Phi) is 7.18. The molecule has 0 aromatic carbocycles. The summed E-state index contributed by atoms with van der Waals surface area (Å²) in [6.45, 7) is 6.97. The smallest absolute Gasteiger partial charge is 0.425 e. The van der Waals surface area contributed by atoms with E-state index in [1.54, 1.807) is 20.8 Å². The van der Waals surface area contributed by atoms with Gasteiger partial charge in [-0.3, -0.25) is 0 Å². The molecule has 8 nitrogen and oxygen atoms in total. The van der Waals surface area contributed by atoms with Crippen molar-refractivity contribution in [1.82, 2.24) is 4.98 Å². The maximum atomic E-state index is 12.3. The van der Waals surface area contributed by atoms with Gasteiger partial charge in [-0.25, -0.2) is 23.0 Å². The lowest BCUT2D eigenvalue weighted by Gasteiger charge is -2.25. The average molecular weight is 393 g/mol. The zero-order valence-corrected chi connectivity index (χ0v) is 16.1. The van der Waals surface area contributed by atoms with Crippen LogP contribution in [0.2, 0.25) is 0 Å². The van der Waals surface area contributed by atoms with Crippen molar-refractivity contribution in [3.63, 3.8) is 0 Å². The number of ether oxygens (including phenoxy) is 2. The molecular formula is C15H21ClN2O6S. The first kappa shape index (κ1) is 21.2. The monoisotopic (exact) mass is 392 g/mol. The molecule has 0 aliphatic rings. The van der Waals surface area contributed by atoms with Crippen LogP contribution in [0.25, 0.3) is 0 Å². The number of rotatable bonds is 5. The standard InChI is InChI=1S/C15H21ClN2O6S/c1-5-6-9-23-13(19)18(14(20)24-15(2,3)4)12-8-7-11(10-17-12)25(16,21)22/h7-8,10H,5-6,9H2,1-4H3. The summed E-state index contributed by atoms with van der Waals surface area (Å²) in [4.78, 5) is 28.7. The zero-order chi connectivity index (χ0) is 19.3. The van der Waals surface area contributed by atoms with Crippen LogP contribution in [0.4, 0.5) is 15.4 Å². The van der Waals surface area contributed by atoms with Crippen LogP contribution in [-0.4, -0.2) is 37.8 Å². The van der Waals surface area contributed by atoms with Crippen molar-refractivity contribution in [3.05, 3.63) is 18.3 Å². The number of pyridine rings is 1. The van der Waals surface area contributed by atoms with Gasteiger partial charge in [-0.1, -0.05) is 13.3 Å². The number of anilines is 1. The lowest BCUT2D eigenvalue weighted by atomic mass is 10.2. The lowest BCUT2D eigenvalue weighted by Crippen LogP contribution is -2.42. The molecule has 0 aliphatic carbocycles. The number of hydrogen-bond acceptors (Lipinski definition) is 7. The fourth-order valence-electron chi connectivity index (χ4n) is 1.59. The summed E-state index contributed by atoms with van der Waals surface area (Å²) in [6, 6.07) is 2.29. The first-order valence-electron chi connectivity index (χ1n) is 7.56. The molecular weight excluding hydrogens is 372 g/mol. The predicted molar refractivity (Wildman–Crippen MR) is 92.2 cm³/mol. The molecule has 1 aromatic rings. The number of carbonyl (C=O) groups excluding carboxylic acids is 2. The quantitative estimate of drug-likeness (QED) is 0.556. The molecule has 0 aliphatic heterocycles. The maximum absolute atomic E-state index is 12.3. The summed E-state index contributed by atoms with van der Waals surface area (Å²) in [5, 5.41) is 0. The molecule has 1 rings (SSSR count). The molecule has 1 aromatic heterocycles. The van der Waals surface area contributed by atoms with Crippen LogP contribution in [-0.2, 0) is 18.5 Å². The van der Waals surface area contributed by atoms with Crippen molar-refractivity contribution in [3.8, 4) is 0 Å². The van der Waals surface area contributed by atoms with Crippen molar-refractivity contribution >= 4 is 37.7 Å². The maximum Gasteiger partial charge on any atom is 0.425 e. The van der Waals surface area contributed by atoms with E-state index >= 15 is 0 Å². The van der Waals surface area contributed by atoms with Gasteiger partial charge in [0.2, 0.25) is 0 Å². The molecule has 0 unspecified atom stereocenters. The first-order valence-corrected chi connectivity index (χ1v) is 9.87. The minimum absolute atomic E-state index is 0.128. The fourth-order valence-corrected chi connectivity index (χ4v) is 2.27. The van der Waals surface area contributed by atoms with Gasteiger partial charge in [0.1, 0.15) is 16.3 Å². The normalized spacial score (nSPS) is 11.7. The number of hydrogen-bond donors (Lipinski definition) is 0. The number of nitrogens with zero attached hydrogens (tertiary/aromatic N) is 2. The van der Waals surface area contributed by atoms with Crippen LogP contribution >= 0.6 is 10.7 Å². The minimum Gasteiger partial charge on any atom is -0.449 e. The van der Waals surface area contributed by atoms with Crippen LogP contribution in [0, 0.1) is 0 Å². The van der Waals surface area contributed by atoms with E-state index < -0.39 is 26.8 Å². The Morgan fingerprint density at radius 3 is 2.32 bits per heavy atom. The van der Waals surface area contributed by atoms with Gasteiger partial charge >= 0.3 is 12.2 Å². The van der Waals surface area contributed by atoms with E-state index in [0.717, 1.165) is 18.7 Å². The Hall–Kier alpha value is -1.87. The molecule has 2 amide bonds. The third-order valence-electron chi connectivity index (χ3n) is 2.71. The van der Waals surface area contributed by atoms with Crippen LogP contribution in [0.15, 0.2) is 23.2 Å². The number of amides is 2.